The quantitative estimate of drug-likeness (QED) is 0.691. The van der Waals surface area contributed by atoms with Crippen LogP contribution in [-0.2, 0) is 19.1 Å². The number of nitrogens with zero attached hydrogens (tertiary/aromatic N) is 2. The van der Waals surface area contributed by atoms with E-state index in [-0.39, 0.29) is 17.7 Å². The maximum Gasteiger partial charge on any atom is 0.329 e. The number of amides is 2. The molecule has 4 N–H and O–H groups in total. The maximum atomic E-state index is 14.0. The summed E-state index contributed by atoms with van der Waals surface area (Å²) in [4.78, 5) is 38.5. The molecule has 0 aromatic heterocycles. The molecule has 1 aromatic rings. The van der Waals surface area contributed by atoms with Crippen LogP contribution in [0, 0.1) is 22.6 Å². The number of hydrogen-bond acceptors (Lipinski definition) is 6. The SMILES string of the molecule is CCOC(=O)C1C(c2cccc(F)c2)C(C#N)(C(N)=O)C2C=CC(C(N)=O)=CN12. The Morgan fingerprint density at radius 3 is 2.62 bits per heavy atom. The molecule has 2 aliphatic rings. The van der Waals surface area contributed by atoms with E-state index in [1.807, 2.05) is 6.07 Å². The average molecular weight is 398 g/mol. The summed E-state index contributed by atoms with van der Waals surface area (Å²) in [5.41, 5.74) is 9.41. The summed E-state index contributed by atoms with van der Waals surface area (Å²) in [6, 6.07) is 5.06. The lowest BCUT2D eigenvalue weighted by atomic mass is 9.68. The molecule has 1 aromatic carbocycles. The van der Waals surface area contributed by atoms with Gasteiger partial charge < -0.3 is 21.1 Å². The number of rotatable bonds is 5. The molecule has 0 aliphatic carbocycles. The summed E-state index contributed by atoms with van der Waals surface area (Å²) in [5.74, 6) is -4.21. The Labute approximate surface area is 166 Å². The van der Waals surface area contributed by atoms with E-state index in [1.54, 1.807) is 6.92 Å². The van der Waals surface area contributed by atoms with E-state index >= 15 is 0 Å². The molecule has 3 rings (SSSR count). The first kappa shape index (κ1) is 20.1. The van der Waals surface area contributed by atoms with Crippen molar-refractivity contribution < 1.29 is 23.5 Å². The van der Waals surface area contributed by atoms with Gasteiger partial charge in [-0.25, -0.2) is 9.18 Å². The van der Waals surface area contributed by atoms with Gasteiger partial charge in [0, 0.05) is 12.1 Å². The van der Waals surface area contributed by atoms with E-state index in [2.05, 4.69) is 0 Å². The summed E-state index contributed by atoms with van der Waals surface area (Å²) in [6.07, 6.45) is 4.11. The second kappa shape index (κ2) is 7.39. The molecule has 8 nitrogen and oxygen atoms in total. The van der Waals surface area contributed by atoms with Gasteiger partial charge in [-0.15, -0.1) is 0 Å². The second-order valence-electron chi connectivity index (χ2n) is 6.77. The van der Waals surface area contributed by atoms with Crippen LogP contribution in [0.4, 0.5) is 4.39 Å². The standard InChI is InChI=1S/C20H19FN4O4/c1-2-29-18(27)16-15(11-4-3-5-13(21)8-11)20(10-22,19(24)28)14-7-6-12(17(23)26)9-25(14)16/h3-9,14-16H,2H2,1H3,(H2,23,26)(H2,24,28). The highest BCUT2D eigenvalue weighted by molar-refractivity contribution is 5.96. The Bertz CT molecular complexity index is 983. The first-order valence-electron chi connectivity index (χ1n) is 8.88. The summed E-state index contributed by atoms with van der Waals surface area (Å²) >= 11 is 0. The Morgan fingerprint density at radius 1 is 1.34 bits per heavy atom. The van der Waals surface area contributed by atoms with Gasteiger partial charge in [-0.2, -0.15) is 5.26 Å². The number of esters is 1. The normalized spacial score (nSPS) is 27.6. The van der Waals surface area contributed by atoms with Gasteiger partial charge in [0.25, 0.3) is 0 Å². The molecule has 1 saturated heterocycles. The minimum Gasteiger partial charge on any atom is -0.464 e. The summed E-state index contributed by atoms with van der Waals surface area (Å²) in [7, 11) is 0. The van der Waals surface area contributed by atoms with E-state index in [1.165, 1.54) is 41.5 Å². The van der Waals surface area contributed by atoms with Gasteiger partial charge in [0.2, 0.25) is 11.8 Å². The third-order valence-corrected chi connectivity index (χ3v) is 5.27. The van der Waals surface area contributed by atoms with Gasteiger partial charge in [0.1, 0.15) is 11.9 Å². The highest BCUT2D eigenvalue weighted by atomic mass is 19.1. The highest BCUT2D eigenvalue weighted by Crippen LogP contribution is 2.53. The predicted octanol–water partition coefficient (Wildman–Crippen LogP) is 0.459. The van der Waals surface area contributed by atoms with Crippen LogP contribution in [0.2, 0.25) is 0 Å². The molecule has 0 radical (unpaired) electrons. The zero-order chi connectivity index (χ0) is 21.3. The average Bonchev–Trinajstić information content (AvgIpc) is 2.98. The van der Waals surface area contributed by atoms with Crippen LogP contribution in [0.1, 0.15) is 18.4 Å². The van der Waals surface area contributed by atoms with Crippen LogP contribution in [0.25, 0.3) is 0 Å². The van der Waals surface area contributed by atoms with Crippen molar-refractivity contribution in [2.45, 2.75) is 24.9 Å². The Balaban J connectivity index is 2.29. The molecular weight excluding hydrogens is 379 g/mol. The number of carbonyl (C=O) groups excluding carboxylic acids is 3. The van der Waals surface area contributed by atoms with E-state index in [4.69, 9.17) is 16.2 Å². The van der Waals surface area contributed by atoms with E-state index < -0.39 is 47.0 Å². The molecule has 2 heterocycles. The molecule has 0 bridgehead atoms. The fourth-order valence-electron chi connectivity index (χ4n) is 4.09. The number of carbonyl (C=O) groups is 3. The monoisotopic (exact) mass is 398 g/mol. The first-order chi connectivity index (χ1) is 13.8. The van der Waals surface area contributed by atoms with Crippen molar-refractivity contribution in [1.82, 2.24) is 4.90 Å². The third kappa shape index (κ3) is 3.02. The summed E-state index contributed by atoms with van der Waals surface area (Å²) < 4.78 is 19.1. The zero-order valence-electron chi connectivity index (χ0n) is 15.5. The lowest BCUT2D eigenvalue weighted by molar-refractivity contribution is -0.148. The Hall–Kier alpha value is -3.67. The molecular formula is C20H19FN4O4. The van der Waals surface area contributed by atoms with E-state index in [0.717, 1.165) is 6.07 Å². The number of hydrogen-bond donors (Lipinski definition) is 2. The van der Waals surface area contributed by atoms with Gasteiger partial charge in [-0.1, -0.05) is 18.2 Å². The van der Waals surface area contributed by atoms with Crippen LogP contribution >= 0.6 is 0 Å². The molecule has 9 heteroatoms. The van der Waals surface area contributed by atoms with Crippen LogP contribution in [0.3, 0.4) is 0 Å². The van der Waals surface area contributed by atoms with Gasteiger partial charge in [-0.05, 0) is 30.7 Å². The summed E-state index contributed by atoms with van der Waals surface area (Å²) in [5, 5.41) is 10.1. The number of primary amides is 2. The fourth-order valence-corrected chi connectivity index (χ4v) is 4.09. The highest BCUT2D eigenvalue weighted by Gasteiger charge is 2.65. The minimum atomic E-state index is -1.92. The number of fused-ring (bicyclic) bond motifs is 1. The summed E-state index contributed by atoms with van der Waals surface area (Å²) in [6.45, 7) is 1.65. The minimum absolute atomic E-state index is 0.0437. The van der Waals surface area contributed by atoms with Crippen LogP contribution in [0.15, 0.2) is 48.2 Å². The van der Waals surface area contributed by atoms with Crippen molar-refractivity contribution in [2.24, 2.45) is 16.9 Å². The van der Waals surface area contributed by atoms with Gasteiger partial charge >= 0.3 is 5.97 Å². The third-order valence-electron chi connectivity index (χ3n) is 5.27. The smallest absolute Gasteiger partial charge is 0.329 e. The molecule has 2 amide bonds. The Kier molecular flexibility index (Phi) is 5.12. The molecule has 4 unspecified atom stereocenters. The number of nitriles is 1. The molecule has 150 valence electrons. The number of benzene rings is 1. The topological polar surface area (TPSA) is 140 Å². The van der Waals surface area contributed by atoms with Crippen molar-refractivity contribution in [2.75, 3.05) is 6.61 Å². The van der Waals surface area contributed by atoms with Crippen molar-refractivity contribution >= 4 is 17.8 Å². The predicted molar refractivity (Wildman–Crippen MR) is 98.8 cm³/mol. The molecule has 4 atom stereocenters. The maximum absolute atomic E-state index is 14.0. The molecule has 1 fully saturated rings. The molecule has 29 heavy (non-hydrogen) atoms. The fraction of sp³-hybridized carbons (Fsp3) is 0.300. The molecule has 0 spiro atoms. The zero-order valence-corrected chi connectivity index (χ0v) is 15.5. The van der Waals surface area contributed by atoms with Gasteiger partial charge in [0.15, 0.2) is 5.41 Å². The van der Waals surface area contributed by atoms with Crippen LogP contribution in [-0.4, -0.2) is 41.4 Å². The molecule has 2 aliphatic heterocycles. The van der Waals surface area contributed by atoms with Crippen LogP contribution in [0.5, 0.6) is 0 Å². The Morgan fingerprint density at radius 2 is 2.07 bits per heavy atom. The van der Waals surface area contributed by atoms with Crippen molar-refractivity contribution in [3.05, 3.63) is 59.6 Å². The largest absolute Gasteiger partial charge is 0.464 e. The number of nitrogens with two attached hydrogens (primary N) is 2. The van der Waals surface area contributed by atoms with Crippen molar-refractivity contribution in [3.8, 4) is 6.07 Å². The number of halogens is 1. The lowest BCUT2D eigenvalue weighted by Gasteiger charge is -2.32. The van der Waals surface area contributed by atoms with Crippen molar-refractivity contribution in [1.29, 1.82) is 5.26 Å². The van der Waals surface area contributed by atoms with Gasteiger partial charge in [0.05, 0.1) is 24.3 Å². The number of ether oxygens (including phenoxy) is 1. The van der Waals surface area contributed by atoms with Crippen LogP contribution < -0.4 is 11.5 Å². The van der Waals surface area contributed by atoms with E-state index in [0.29, 0.717) is 0 Å². The first-order valence-corrected chi connectivity index (χ1v) is 8.88. The van der Waals surface area contributed by atoms with E-state index in [9.17, 15) is 24.0 Å². The molecule has 0 saturated carbocycles. The van der Waals surface area contributed by atoms with Gasteiger partial charge in [-0.3, -0.25) is 9.59 Å². The van der Waals surface area contributed by atoms with Crippen molar-refractivity contribution in [3.63, 3.8) is 0 Å². The second-order valence-corrected chi connectivity index (χ2v) is 6.77. The lowest BCUT2D eigenvalue weighted by Crippen LogP contribution is -2.48.